The van der Waals surface area contributed by atoms with Gasteiger partial charge in [0.2, 0.25) is 0 Å². The molecule has 2 rings (SSSR count). The molecular weight excluding hydrogens is 364 g/mol. The van der Waals surface area contributed by atoms with Gasteiger partial charge in [-0.15, -0.1) is 12.4 Å². The van der Waals surface area contributed by atoms with Crippen molar-refractivity contribution in [2.45, 2.75) is 13.8 Å². The van der Waals surface area contributed by atoms with Crippen LogP contribution in [0.2, 0.25) is 0 Å². The number of hydrogen-bond acceptors (Lipinski definition) is 3. The zero-order chi connectivity index (χ0) is 19.2. The number of urea groups is 1. The van der Waals surface area contributed by atoms with Crippen LogP contribution in [0.25, 0.3) is 0 Å². The number of carbonyl (C=O) groups excluding carboxylic acids is 2. The minimum absolute atomic E-state index is 0. The van der Waals surface area contributed by atoms with Crippen LogP contribution in [0, 0.1) is 5.41 Å². The number of nitrogens with two attached hydrogens (primary N) is 1. The van der Waals surface area contributed by atoms with E-state index in [1.165, 1.54) is 0 Å². The molecule has 2 aromatic carbocycles. The third-order valence-corrected chi connectivity index (χ3v) is 3.99. The zero-order valence-corrected chi connectivity index (χ0v) is 16.7. The van der Waals surface area contributed by atoms with Gasteiger partial charge in [-0.05, 0) is 48.4 Å². The van der Waals surface area contributed by atoms with Crippen molar-refractivity contribution in [1.82, 2.24) is 4.90 Å². The summed E-state index contributed by atoms with van der Waals surface area (Å²) >= 11 is 0. The Morgan fingerprint density at radius 1 is 0.963 bits per heavy atom. The molecule has 146 valence electrons. The van der Waals surface area contributed by atoms with E-state index in [0.717, 1.165) is 0 Å². The molecule has 6 nitrogen and oxygen atoms in total. The molecule has 0 aliphatic heterocycles. The predicted octanol–water partition coefficient (Wildman–Crippen LogP) is 3.81. The average molecular weight is 391 g/mol. The Balaban J connectivity index is 0.00000364. The van der Waals surface area contributed by atoms with Gasteiger partial charge in [-0.3, -0.25) is 4.79 Å². The van der Waals surface area contributed by atoms with Crippen LogP contribution in [-0.2, 0) is 0 Å². The summed E-state index contributed by atoms with van der Waals surface area (Å²) in [6.07, 6.45) is 0. The molecule has 0 bridgehead atoms. The fourth-order valence-corrected chi connectivity index (χ4v) is 2.51. The van der Waals surface area contributed by atoms with Crippen LogP contribution in [0.4, 0.5) is 16.2 Å². The first-order valence-corrected chi connectivity index (χ1v) is 8.49. The molecule has 0 saturated carbocycles. The number of para-hydroxylation sites is 1. The third-order valence-electron chi connectivity index (χ3n) is 3.99. The highest BCUT2D eigenvalue weighted by Gasteiger charge is 2.21. The topological polar surface area (TPSA) is 87.5 Å². The second kappa shape index (κ2) is 9.94. The average Bonchev–Trinajstić information content (AvgIpc) is 2.62. The number of nitrogens with zero attached hydrogens (tertiary/aromatic N) is 1. The second-order valence-electron chi connectivity index (χ2n) is 7.05. The molecule has 0 unspecified atom stereocenters. The summed E-state index contributed by atoms with van der Waals surface area (Å²) in [5, 5.41) is 5.48. The minimum atomic E-state index is -0.336. The molecule has 0 saturated heterocycles. The van der Waals surface area contributed by atoms with Gasteiger partial charge in [0.05, 0.1) is 0 Å². The number of halogens is 1. The molecule has 4 N–H and O–H groups in total. The van der Waals surface area contributed by atoms with E-state index in [-0.39, 0.29) is 29.8 Å². The van der Waals surface area contributed by atoms with E-state index in [0.29, 0.717) is 30.0 Å². The fourth-order valence-electron chi connectivity index (χ4n) is 2.51. The van der Waals surface area contributed by atoms with Gasteiger partial charge < -0.3 is 21.3 Å². The fraction of sp³-hybridized carbons (Fsp3) is 0.300. The van der Waals surface area contributed by atoms with Crippen molar-refractivity contribution < 1.29 is 9.59 Å². The molecule has 0 radical (unpaired) electrons. The van der Waals surface area contributed by atoms with E-state index in [1.54, 1.807) is 48.3 Å². The van der Waals surface area contributed by atoms with E-state index in [1.807, 2.05) is 32.0 Å². The number of hydrogen-bond donors (Lipinski definition) is 3. The van der Waals surface area contributed by atoms with Crippen molar-refractivity contribution in [3.05, 3.63) is 60.2 Å². The maximum Gasteiger partial charge on any atom is 0.323 e. The molecule has 0 aromatic heterocycles. The Labute approximate surface area is 166 Å². The lowest BCUT2D eigenvalue weighted by Gasteiger charge is -2.29. The van der Waals surface area contributed by atoms with Crippen LogP contribution in [0.3, 0.4) is 0 Å². The number of anilines is 2. The molecule has 7 heteroatoms. The highest BCUT2D eigenvalue weighted by molar-refractivity contribution is 6.00. The Kier molecular flexibility index (Phi) is 8.28. The van der Waals surface area contributed by atoms with Crippen molar-refractivity contribution >= 4 is 35.7 Å². The maximum atomic E-state index is 12.5. The van der Waals surface area contributed by atoms with Gasteiger partial charge in [-0.25, -0.2) is 4.79 Å². The summed E-state index contributed by atoms with van der Waals surface area (Å²) < 4.78 is 0. The summed E-state index contributed by atoms with van der Waals surface area (Å²) in [6.45, 7) is 5.12. The first-order chi connectivity index (χ1) is 12.3. The van der Waals surface area contributed by atoms with Crippen LogP contribution in [0.1, 0.15) is 24.2 Å². The van der Waals surface area contributed by atoms with Crippen molar-refractivity contribution in [2.75, 3.05) is 30.8 Å². The van der Waals surface area contributed by atoms with Crippen LogP contribution < -0.4 is 16.4 Å². The first-order valence-electron chi connectivity index (χ1n) is 8.49. The Hall–Kier alpha value is -2.57. The summed E-state index contributed by atoms with van der Waals surface area (Å²) in [6, 6.07) is 15.7. The number of nitrogens with one attached hydrogen (secondary N) is 2. The Morgan fingerprint density at radius 2 is 1.48 bits per heavy atom. The SMILES string of the molecule is CN(CC(C)(C)CN)C(=O)c1ccc(NC(=O)Nc2ccccc2)cc1.Cl. The van der Waals surface area contributed by atoms with Crippen molar-refractivity contribution in [2.24, 2.45) is 11.1 Å². The molecule has 0 atom stereocenters. The predicted molar refractivity (Wildman–Crippen MR) is 113 cm³/mol. The standard InChI is InChI=1S/C20H26N4O2.ClH/c1-20(2,13-21)14-24(3)18(25)15-9-11-17(12-10-15)23-19(26)22-16-7-5-4-6-8-16;/h4-12H,13-14,21H2,1-3H3,(H2,22,23,26);1H. The largest absolute Gasteiger partial charge is 0.341 e. The summed E-state index contributed by atoms with van der Waals surface area (Å²) in [5.41, 5.74) is 7.48. The van der Waals surface area contributed by atoms with Gasteiger partial charge in [0, 0.05) is 30.5 Å². The van der Waals surface area contributed by atoms with Crippen molar-refractivity contribution in [3.8, 4) is 0 Å². The van der Waals surface area contributed by atoms with E-state index >= 15 is 0 Å². The van der Waals surface area contributed by atoms with Gasteiger partial charge in [0.15, 0.2) is 0 Å². The van der Waals surface area contributed by atoms with Crippen molar-refractivity contribution in [3.63, 3.8) is 0 Å². The van der Waals surface area contributed by atoms with Gasteiger partial charge in [0.25, 0.3) is 5.91 Å². The first kappa shape index (κ1) is 22.5. The smallest absolute Gasteiger partial charge is 0.323 e. The molecule has 0 fully saturated rings. The van der Waals surface area contributed by atoms with Crippen LogP contribution in [0.15, 0.2) is 54.6 Å². The molecule has 0 aliphatic rings. The monoisotopic (exact) mass is 390 g/mol. The lowest BCUT2D eigenvalue weighted by Crippen LogP contribution is -2.39. The maximum absolute atomic E-state index is 12.5. The van der Waals surface area contributed by atoms with Gasteiger partial charge in [0.1, 0.15) is 0 Å². The molecule has 3 amide bonds. The Morgan fingerprint density at radius 3 is 2.00 bits per heavy atom. The van der Waals surface area contributed by atoms with E-state index in [2.05, 4.69) is 10.6 Å². The molecule has 0 aliphatic carbocycles. The van der Waals surface area contributed by atoms with Gasteiger partial charge >= 0.3 is 6.03 Å². The molecule has 27 heavy (non-hydrogen) atoms. The molecule has 0 spiro atoms. The lowest BCUT2D eigenvalue weighted by molar-refractivity contribution is 0.0740. The molecule has 2 aromatic rings. The minimum Gasteiger partial charge on any atom is -0.341 e. The summed E-state index contributed by atoms with van der Waals surface area (Å²) in [7, 11) is 1.76. The zero-order valence-electron chi connectivity index (χ0n) is 15.9. The van der Waals surface area contributed by atoms with E-state index in [4.69, 9.17) is 5.73 Å². The number of benzene rings is 2. The van der Waals surface area contributed by atoms with E-state index < -0.39 is 0 Å². The summed E-state index contributed by atoms with van der Waals surface area (Å²) in [5.74, 6) is -0.0770. The highest BCUT2D eigenvalue weighted by atomic mass is 35.5. The van der Waals surface area contributed by atoms with E-state index in [9.17, 15) is 9.59 Å². The number of carbonyl (C=O) groups is 2. The van der Waals surface area contributed by atoms with Crippen LogP contribution >= 0.6 is 12.4 Å². The van der Waals surface area contributed by atoms with Crippen LogP contribution in [0.5, 0.6) is 0 Å². The normalized spacial score (nSPS) is 10.5. The lowest BCUT2D eigenvalue weighted by atomic mass is 9.93. The third kappa shape index (κ3) is 6.92. The highest BCUT2D eigenvalue weighted by Crippen LogP contribution is 2.17. The van der Waals surface area contributed by atoms with Crippen LogP contribution in [-0.4, -0.2) is 37.0 Å². The van der Waals surface area contributed by atoms with Gasteiger partial charge in [-0.2, -0.15) is 0 Å². The number of amides is 3. The second-order valence-corrected chi connectivity index (χ2v) is 7.05. The molecule has 0 heterocycles. The summed E-state index contributed by atoms with van der Waals surface area (Å²) in [4.78, 5) is 26.2. The van der Waals surface area contributed by atoms with Crippen molar-refractivity contribution in [1.29, 1.82) is 0 Å². The molecular formula is C20H27ClN4O2. The quantitative estimate of drug-likeness (QED) is 0.700. The van der Waals surface area contributed by atoms with Gasteiger partial charge in [-0.1, -0.05) is 32.0 Å². The number of rotatable bonds is 6. The Bertz CT molecular complexity index is 748.